The molecule has 0 radical (unpaired) electrons. The molecule has 5 aromatic carbocycles. The van der Waals surface area contributed by atoms with Gasteiger partial charge in [0.1, 0.15) is 5.69 Å². The van der Waals surface area contributed by atoms with Crippen molar-refractivity contribution in [3.05, 3.63) is 126 Å². The molecule has 7 rings (SSSR count). The van der Waals surface area contributed by atoms with Crippen LogP contribution in [-0.4, -0.2) is 25.1 Å². The Bertz CT molecular complexity index is 1910. The summed E-state index contributed by atoms with van der Waals surface area (Å²) in [6.45, 7) is 4.25. The maximum Gasteiger partial charge on any atom is 0.184 e. The van der Waals surface area contributed by atoms with E-state index in [1.807, 2.05) is 42.5 Å². The van der Waals surface area contributed by atoms with Crippen molar-refractivity contribution in [2.45, 2.75) is 13.8 Å². The lowest BCUT2D eigenvalue weighted by atomic mass is 9.99. The Morgan fingerprint density at radius 1 is 0.375 bits per heavy atom. The van der Waals surface area contributed by atoms with E-state index >= 15 is 0 Å². The molecule has 0 aliphatic rings. The van der Waals surface area contributed by atoms with Crippen LogP contribution in [0.2, 0.25) is 0 Å². The highest BCUT2D eigenvalue weighted by molar-refractivity contribution is 5.99. The van der Waals surface area contributed by atoms with E-state index in [0.29, 0.717) is 23.2 Å². The molecule has 0 aliphatic carbocycles. The Morgan fingerprint density at radius 3 is 1.35 bits per heavy atom. The Labute approximate surface area is 232 Å². The number of aryl methyl sites for hydroxylation is 2. The predicted molar refractivity (Wildman–Crippen MR) is 162 cm³/mol. The first-order valence-electron chi connectivity index (χ1n) is 13.3. The summed E-state index contributed by atoms with van der Waals surface area (Å²) in [5, 5.41) is 13.6. The molecular weight excluding hydrogens is 490 g/mol. The SMILES string of the molecule is Cc1ccc(-c2nc(-c3ccc(-c4ccccc4)nn3)nc(-c3ccc(C)c4ccccc34)n2)c2ccccc12. The molecule has 0 spiro atoms. The fourth-order valence-electron chi connectivity index (χ4n) is 5.24. The van der Waals surface area contributed by atoms with Crippen LogP contribution in [-0.2, 0) is 0 Å². The fraction of sp³-hybridized carbons (Fsp3) is 0.0571. The summed E-state index contributed by atoms with van der Waals surface area (Å²) in [6.07, 6.45) is 0. The van der Waals surface area contributed by atoms with Gasteiger partial charge in [0.15, 0.2) is 17.5 Å². The van der Waals surface area contributed by atoms with Crippen LogP contribution in [0.3, 0.4) is 0 Å². The molecule has 190 valence electrons. The zero-order chi connectivity index (χ0) is 27.1. The third kappa shape index (κ3) is 4.18. The summed E-state index contributed by atoms with van der Waals surface area (Å²) >= 11 is 0. The molecule has 0 atom stereocenters. The number of hydrogen-bond acceptors (Lipinski definition) is 5. The summed E-state index contributed by atoms with van der Waals surface area (Å²) in [4.78, 5) is 15.0. The largest absolute Gasteiger partial charge is 0.208 e. The Kier molecular flexibility index (Phi) is 5.82. The second kappa shape index (κ2) is 9.79. The standard InChI is InChI=1S/C35H25N5/c1-22-16-18-29(27-14-8-6-12-25(22)27)33-36-34(30-19-17-23(2)26-13-7-9-15-28(26)30)38-35(37-33)32-21-20-31(39-40-32)24-10-4-3-5-11-24/h3-21H,1-2H3. The maximum absolute atomic E-state index is 5.05. The maximum atomic E-state index is 5.05. The van der Waals surface area contributed by atoms with Crippen molar-refractivity contribution in [3.8, 4) is 45.6 Å². The first-order chi connectivity index (χ1) is 19.7. The minimum absolute atomic E-state index is 0.487. The van der Waals surface area contributed by atoms with Crippen LogP contribution in [0.4, 0.5) is 0 Å². The lowest BCUT2D eigenvalue weighted by Crippen LogP contribution is -2.03. The Hall–Kier alpha value is -5.29. The predicted octanol–water partition coefficient (Wildman–Crippen LogP) is 8.25. The first kappa shape index (κ1) is 23.8. The minimum atomic E-state index is 0.487. The highest BCUT2D eigenvalue weighted by Crippen LogP contribution is 2.33. The molecule has 40 heavy (non-hydrogen) atoms. The second-order valence-electron chi connectivity index (χ2n) is 9.93. The highest BCUT2D eigenvalue weighted by Gasteiger charge is 2.17. The monoisotopic (exact) mass is 515 g/mol. The van der Waals surface area contributed by atoms with Crippen molar-refractivity contribution >= 4 is 21.5 Å². The van der Waals surface area contributed by atoms with Crippen LogP contribution in [0.1, 0.15) is 11.1 Å². The fourth-order valence-corrected chi connectivity index (χ4v) is 5.24. The van der Waals surface area contributed by atoms with Gasteiger partial charge in [-0.25, -0.2) is 15.0 Å². The van der Waals surface area contributed by atoms with Crippen molar-refractivity contribution in [1.82, 2.24) is 25.1 Å². The minimum Gasteiger partial charge on any atom is -0.208 e. The van der Waals surface area contributed by atoms with Crippen LogP contribution < -0.4 is 0 Å². The summed E-state index contributed by atoms with van der Waals surface area (Å²) in [6, 6.07) is 39.1. The van der Waals surface area contributed by atoms with Crippen LogP contribution in [0.15, 0.2) is 115 Å². The van der Waals surface area contributed by atoms with E-state index in [1.165, 1.54) is 21.9 Å². The molecule has 0 bridgehead atoms. The summed E-state index contributed by atoms with van der Waals surface area (Å²) in [5.41, 5.74) is 6.73. The molecule has 0 aliphatic heterocycles. The smallest absolute Gasteiger partial charge is 0.184 e. The lowest BCUT2D eigenvalue weighted by molar-refractivity contribution is 1.00. The van der Waals surface area contributed by atoms with Crippen molar-refractivity contribution < 1.29 is 0 Å². The topological polar surface area (TPSA) is 64.5 Å². The van der Waals surface area contributed by atoms with Crippen molar-refractivity contribution in [2.24, 2.45) is 0 Å². The van der Waals surface area contributed by atoms with Crippen LogP contribution in [0.5, 0.6) is 0 Å². The van der Waals surface area contributed by atoms with E-state index in [0.717, 1.165) is 33.2 Å². The molecule has 0 saturated carbocycles. The number of hydrogen-bond donors (Lipinski definition) is 0. The third-order valence-corrected chi connectivity index (χ3v) is 7.36. The highest BCUT2D eigenvalue weighted by atomic mass is 15.1. The average molecular weight is 516 g/mol. The molecule has 2 aromatic heterocycles. The summed E-state index contributed by atoms with van der Waals surface area (Å²) in [5.74, 6) is 1.70. The van der Waals surface area contributed by atoms with Crippen LogP contribution in [0, 0.1) is 13.8 Å². The van der Waals surface area contributed by atoms with Gasteiger partial charge in [0.25, 0.3) is 0 Å². The van der Waals surface area contributed by atoms with Gasteiger partial charge in [0.05, 0.1) is 5.69 Å². The Balaban J connectivity index is 1.46. The molecule has 5 heteroatoms. The van der Waals surface area contributed by atoms with Gasteiger partial charge in [0, 0.05) is 16.7 Å². The van der Waals surface area contributed by atoms with Gasteiger partial charge in [-0.05, 0) is 58.7 Å². The van der Waals surface area contributed by atoms with Crippen molar-refractivity contribution in [2.75, 3.05) is 0 Å². The van der Waals surface area contributed by atoms with Gasteiger partial charge < -0.3 is 0 Å². The molecule has 0 fully saturated rings. The van der Waals surface area contributed by atoms with Crippen molar-refractivity contribution in [3.63, 3.8) is 0 Å². The third-order valence-electron chi connectivity index (χ3n) is 7.36. The van der Waals surface area contributed by atoms with E-state index in [2.05, 4.69) is 96.8 Å². The molecule has 0 N–H and O–H groups in total. The van der Waals surface area contributed by atoms with E-state index in [9.17, 15) is 0 Å². The van der Waals surface area contributed by atoms with E-state index in [4.69, 9.17) is 15.0 Å². The molecule has 0 unspecified atom stereocenters. The number of rotatable bonds is 4. The summed E-state index contributed by atoms with van der Waals surface area (Å²) < 4.78 is 0. The summed E-state index contributed by atoms with van der Waals surface area (Å²) in [7, 11) is 0. The number of aromatic nitrogens is 5. The van der Waals surface area contributed by atoms with E-state index < -0.39 is 0 Å². The van der Waals surface area contributed by atoms with E-state index in [1.54, 1.807) is 0 Å². The number of fused-ring (bicyclic) bond motifs is 2. The molecular formula is C35H25N5. The Morgan fingerprint density at radius 2 is 0.825 bits per heavy atom. The molecule has 0 saturated heterocycles. The van der Waals surface area contributed by atoms with E-state index in [-0.39, 0.29) is 0 Å². The molecule has 0 amide bonds. The number of benzene rings is 5. The zero-order valence-corrected chi connectivity index (χ0v) is 22.2. The average Bonchev–Trinajstić information content (AvgIpc) is 3.02. The van der Waals surface area contributed by atoms with Crippen LogP contribution >= 0.6 is 0 Å². The van der Waals surface area contributed by atoms with Crippen molar-refractivity contribution in [1.29, 1.82) is 0 Å². The lowest BCUT2D eigenvalue weighted by Gasteiger charge is -2.13. The van der Waals surface area contributed by atoms with Crippen LogP contribution in [0.25, 0.3) is 67.1 Å². The van der Waals surface area contributed by atoms with Gasteiger partial charge in [-0.1, -0.05) is 103 Å². The quantitative estimate of drug-likeness (QED) is 0.236. The number of nitrogens with zero attached hydrogens (tertiary/aromatic N) is 5. The second-order valence-corrected chi connectivity index (χ2v) is 9.93. The first-order valence-corrected chi connectivity index (χ1v) is 13.3. The van der Waals surface area contributed by atoms with Gasteiger partial charge in [-0.3, -0.25) is 0 Å². The molecule has 2 heterocycles. The zero-order valence-electron chi connectivity index (χ0n) is 22.2. The van der Waals surface area contributed by atoms with Gasteiger partial charge >= 0.3 is 0 Å². The van der Waals surface area contributed by atoms with Gasteiger partial charge in [-0.15, -0.1) is 10.2 Å². The molecule has 5 nitrogen and oxygen atoms in total. The normalized spacial score (nSPS) is 11.2. The van der Waals surface area contributed by atoms with Gasteiger partial charge in [-0.2, -0.15) is 0 Å². The molecule has 7 aromatic rings. The van der Waals surface area contributed by atoms with Gasteiger partial charge in [0.2, 0.25) is 0 Å².